The first-order valence-corrected chi connectivity index (χ1v) is 11.5. The van der Waals surface area contributed by atoms with E-state index in [0.29, 0.717) is 0 Å². The quantitative estimate of drug-likeness (QED) is 0.483. The Labute approximate surface area is 176 Å². The van der Waals surface area contributed by atoms with Crippen LogP contribution in [0, 0.1) is 11.8 Å². The highest BCUT2D eigenvalue weighted by atomic mass is 16.5. The monoisotopic (exact) mass is 389 g/mol. The van der Waals surface area contributed by atoms with Gasteiger partial charge in [0.15, 0.2) is 0 Å². The van der Waals surface area contributed by atoms with Crippen molar-refractivity contribution in [3.63, 3.8) is 0 Å². The molecular formula is C27H35NO. The molecule has 0 amide bonds. The number of rotatable bonds is 8. The Morgan fingerprint density at radius 1 is 0.966 bits per heavy atom. The number of hydrogen-bond acceptors (Lipinski definition) is 2. The first-order chi connectivity index (χ1) is 14.3. The maximum absolute atomic E-state index is 5.86. The molecule has 0 spiro atoms. The lowest BCUT2D eigenvalue weighted by molar-refractivity contribution is 0.260. The summed E-state index contributed by atoms with van der Waals surface area (Å²) in [5, 5.41) is 0. The Hall–Kier alpha value is -2.06. The van der Waals surface area contributed by atoms with Gasteiger partial charge in [-0.05, 0) is 72.9 Å². The molecule has 0 radical (unpaired) electrons. The molecule has 2 fully saturated rings. The van der Waals surface area contributed by atoms with Crippen LogP contribution in [0.3, 0.4) is 0 Å². The molecule has 1 aliphatic heterocycles. The topological polar surface area (TPSA) is 12.5 Å². The van der Waals surface area contributed by atoms with Gasteiger partial charge in [0.1, 0.15) is 5.75 Å². The van der Waals surface area contributed by atoms with Crippen LogP contribution >= 0.6 is 0 Å². The molecule has 2 bridgehead atoms. The summed E-state index contributed by atoms with van der Waals surface area (Å²) in [5.74, 6) is 2.89. The molecule has 2 heteroatoms. The number of likely N-dealkylation sites (tertiary alicyclic amines) is 1. The van der Waals surface area contributed by atoms with Gasteiger partial charge >= 0.3 is 0 Å². The van der Waals surface area contributed by atoms with E-state index in [1.807, 2.05) is 0 Å². The third-order valence-electron chi connectivity index (χ3n) is 6.59. The highest BCUT2D eigenvalue weighted by molar-refractivity contribution is 5.80. The van der Waals surface area contributed by atoms with Crippen molar-refractivity contribution in [1.29, 1.82) is 0 Å². The molecule has 2 aromatic rings. The minimum atomic E-state index is 0.800. The first kappa shape index (κ1) is 20.2. The van der Waals surface area contributed by atoms with Crippen molar-refractivity contribution in [3.05, 3.63) is 71.8 Å². The Morgan fingerprint density at radius 2 is 1.72 bits per heavy atom. The summed E-state index contributed by atoms with van der Waals surface area (Å²) in [6, 6.07) is 19.5. The lowest BCUT2D eigenvalue weighted by Crippen LogP contribution is -2.29. The normalized spacial score (nSPS) is 22.4. The molecule has 2 nitrogen and oxygen atoms in total. The molecule has 1 saturated carbocycles. The first-order valence-electron chi connectivity index (χ1n) is 11.5. The van der Waals surface area contributed by atoms with Gasteiger partial charge in [-0.15, -0.1) is 0 Å². The fourth-order valence-corrected chi connectivity index (χ4v) is 4.90. The van der Waals surface area contributed by atoms with Crippen molar-refractivity contribution in [3.8, 4) is 5.75 Å². The number of nitrogens with zero attached hydrogens (tertiary/aromatic N) is 1. The van der Waals surface area contributed by atoms with Gasteiger partial charge in [-0.1, -0.05) is 68.3 Å². The average molecular weight is 390 g/mol. The van der Waals surface area contributed by atoms with Gasteiger partial charge in [0.25, 0.3) is 0 Å². The van der Waals surface area contributed by atoms with Gasteiger partial charge in [-0.3, -0.25) is 4.90 Å². The van der Waals surface area contributed by atoms with E-state index in [1.54, 1.807) is 0 Å². The Bertz CT molecular complexity index is 780. The van der Waals surface area contributed by atoms with Crippen LogP contribution in [0.2, 0.25) is 0 Å². The van der Waals surface area contributed by atoms with Gasteiger partial charge in [0.2, 0.25) is 0 Å². The average Bonchev–Trinajstić information content (AvgIpc) is 3.10. The second kappa shape index (κ2) is 10.1. The van der Waals surface area contributed by atoms with Crippen LogP contribution in [0.25, 0.3) is 5.57 Å². The van der Waals surface area contributed by atoms with Crippen LogP contribution < -0.4 is 4.74 Å². The standard InChI is InChI=1S/C27H35NO/c1-2-3-19-29-26-13-11-25(12-14-26)27(24-7-5-4-6-8-24)16-18-28-17-15-22-9-10-23(20-22)21-28/h4-8,11-14,16,22-23H,2-3,9-10,15,17-21H2,1H3. The molecule has 154 valence electrons. The molecule has 2 aliphatic rings. The Balaban J connectivity index is 1.50. The molecule has 1 aliphatic carbocycles. The van der Waals surface area contributed by atoms with Gasteiger partial charge in [0.05, 0.1) is 6.61 Å². The minimum absolute atomic E-state index is 0.800. The predicted octanol–water partition coefficient (Wildman–Crippen LogP) is 6.42. The number of ether oxygens (including phenoxy) is 1. The van der Waals surface area contributed by atoms with Crippen molar-refractivity contribution in [2.75, 3.05) is 26.2 Å². The number of fused-ring (bicyclic) bond motifs is 2. The number of benzene rings is 2. The number of hydrogen-bond donors (Lipinski definition) is 0. The highest BCUT2D eigenvalue weighted by Gasteiger charge is 2.29. The molecule has 1 saturated heterocycles. The van der Waals surface area contributed by atoms with Crippen molar-refractivity contribution < 1.29 is 4.74 Å². The Kier molecular flexibility index (Phi) is 7.05. The fourth-order valence-electron chi connectivity index (χ4n) is 4.90. The molecular weight excluding hydrogens is 354 g/mol. The number of unbranched alkanes of at least 4 members (excludes halogenated alkanes) is 1. The minimum Gasteiger partial charge on any atom is -0.494 e. The van der Waals surface area contributed by atoms with E-state index in [0.717, 1.165) is 43.6 Å². The molecule has 1 heterocycles. The lowest BCUT2D eigenvalue weighted by Gasteiger charge is -2.23. The van der Waals surface area contributed by atoms with E-state index in [4.69, 9.17) is 4.74 Å². The second-order valence-corrected chi connectivity index (χ2v) is 8.80. The second-order valence-electron chi connectivity index (χ2n) is 8.80. The van der Waals surface area contributed by atoms with E-state index < -0.39 is 0 Å². The Morgan fingerprint density at radius 3 is 2.52 bits per heavy atom. The summed E-state index contributed by atoms with van der Waals surface area (Å²) >= 11 is 0. The molecule has 2 aromatic carbocycles. The van der Waals surface area contributed by atoms with Crippen molar-refractivity contribution in [2.45, 2.75) is 45.4 Å². The molecule has 0 N–H and O–H groups in total. The lowest BCUT2D eigenvalue weighted by atomic mass is 9.97. The highest BCUT2D eigenvalue weighted by Crippen LogP contribution is 2.36. The summed E-state index contributed by atoms with van der Waals surface area (Å²) in [6.07, 6.45) is 10.5. The maximum atomic E-state index is 5.86. The van der Waals surface area contributed by atoms with Crippen LogP contribution in [0.15, 0.2) is 60.7 Å². The van der Waals surface area contributed by atoms with Crippen LogP contribution in [0.4, 0.5) is 0 Å². The zero-order valence-electron chi connectivity index (χ0n) is 17.9. The van der Waals surface area contributed by atoms with Crippen LogP contribution in [-0.4, -0.2) is 31.1 Å². The fraction of sp³-hybridized carbons (Fsp3) is 0.481. The van der Waals surface area contributed by atoms with E-state index in [9.17, 15) is 0 Å². The van der Waals surface area contributed by atoms with Gasteiger partial charge in [0, 0.05) is 13.1 Å². The van der Waals surface area contributed by atoms with Crippen LogP contribution in [0.1, 0.15) is 56.6 Å². The third kappa shape index (κ3) is 5.51. The van der Waals surface area contributed by atoms with Gasteiger partial charge in [-0.25, -0.2) is 0 Å². The summed E-state index contributed by atoms with van der Waals surface area (Å²) < 4.78 is 5.86. The van der Waals surface area contributed by atoms with E-state index in [1.165, 1.54) is 55.5 Å². The largest absolute Gasteiger partial charge is 0.494 e. The molecule has 2 unspecified atom stereocenters. The van der Waals surface area contributed by atoms with Crippen molar-refractivity contribution in [2.24, 2.45) is 11.8 Å². The summed E-state index contributed by atoms with van der Waals surface area (Å²) in [7, 11) is 0. The zero-order valence-corrected chi connectivity index (χ0v) is 17.9. The van der Waals surface area contributed by atoms with E-state index >= 15 is 0 Å². The predicted molar refractivity (Wildman–Crippen MR) is 122 cm³/mol. The SMILES string of the molecule is CCCCOc1ccc(C(=CCN2CCC3CCC(C3)C2)c2ccccc2)cc1. The smallest absolute Gasteiger partial charge is 0.119 e. The molecule has 2 atom stereocenters. The van der Waals surface area contributed by atoms with Gasteiger partial charge < -0.3 is 4.74 Å². The van der Waals surface area contributed by atoms with Crippen LogP contribution in [-0.2, 0) is 0 Å². The van der Waals surface area contributed by atoms with Gasteiger partial charge in [-0.2, -0.15) is 0 Å². The third-order valence-corrected chi connectivity index (χ3v) is 6.59. The maximum Gasteiger partial charge on any atom is 0.119 e. The summed E-state index contributed by atoms with van der Waals surface area (Å²) in [6.45, 7) is 6.57. The molecule has 29 heavy (non-hydrogen) atoms. The summed E-state index contributed by atoms with van der Waals surface area (Å²) in [5.41, 5.74) is 3.90. The van der Waals surface area contributed by atoms with E-state index in [2.05, 4.69) is 72.5 Å². The summed E-state index contributed by atoms with van der Waals surface area (Å²) in [4.78, 5) is 2.68. The molecule has 0 aromatic heterocycles. The zero-order chi connectivity index (χ0) is 19.9. The van der Waals surface area contributed by atoms with Crippen molar-refractivity contribution in [1.82, 2.24) is 4.90 Å². The van der Waals surface area contributed by atoms with E-state index in [-0.39, 0.29) is 0 Å². The van der Waals surface area contributed by atoms with Crippen LogP contribution in [0.5, 0.6) is 5.75 Å². The molecule has 4 rings (SSSR count). The van der Waals surface area contributed by atoms with Crippen molar-refractivity contribution >= 4 is 5.57 Å².